The van der Waals surface area contributed by atoms with Gasteiger partial charge in [0.25, 0.3) is 5.91 Å². The Hall–Kier alpha value is -1.73. The van der Waals surface area contributed by atoms with E-state index in [1.807, 2.05) is 0 Å². The zero-order valence-corrected chi connectivity index (χ0v) is 9.20. The topological polar surface area (TPSA) is 98.3 Å². The fraction of sp³-hybridized carbons (Fsp3) is 0.222. The number of amides is 1. The third-order valence-corrected chi connectivity index (χ3v) is 2.71. The van der Waals surface area contributed by atoms with Crippen LogP contribution >= 0.6 is 11.3 Å². The minimum absolute atomic E-state index is 0.0392. The van der Waals surface area contributed by atoms with Crippen LogP contribution in [0.2, 0.25) is 0 Å². The van der Waals surface area contributed by atoms with E-state index in [4.69, 9.17) is 5.73 Å². The zero-order chi connectivity index (χ0) is 12.0. The summed E-state index contributed by atoms with van der Waals surface area (Å²) in [5.41, 5.74) is 5.22. The van der Waals surface area contributed by atoms with E-state index in [1.165, 1.54) is 12.1 Å². The van der Waals surface area contributed by atoms with Crippen molar-refractivity contribution in [1.82, 2.24) is 5.32 Å². The van der Waals surface area contributed by atoms with Gasteiger partial charge >= 0.3 is 5.00 Å². The molecule has 0 saturated carbocycles. The Bertz CT molecular complexity index is 414. The molecular weight excluding hydrogens is 230 g/mol. The number of nitrogens with one attached hydrogen (secondary N) is 1. The Kier molecular flexibility index (Phi) is 4.62. The number of carbonyl (C=O) groups is 1. The molecule has 0 bridgehead atoms. The number of thiophene rings is 1. The Morgan fingerprint density at radius 1 is 1.56 bits per heavy atom. The fourth-order valence-electron chi connectivity index (χ4n) is 0.966. The molecule has 1 amide bonds. The molecule has 1 aromatic heterocycles. The van der Waals surface area contributed by atoms with Gasteiger partial charge in [0, 0.05) is 19.2 Å². The maximum atomic E-state index is 11.5. The lowest BCUT2D eigenvalue weighted by molar-refractivity contribution is -0.380. The Morgan fingerprint density at radius 2 is 2.31 bits per heavy atom. The van der Waals surface area contributed by atoms with E-state index in [1.54, 1.807) is 12.2 Å². The molecule has 0 fully saturated rings. The summed E-state index contributed by atoms with van der Waals surface area (Å²) in [5.74, 6) is -0.320. The molecule has 7 heteroatoms. The van der Waals surface area contributed by atoms with Crippen LogP contribution in [-0.4, -0.2) is 23.9 Å². The van der Waals surface area contributed by atoms with E-state index in [0.717, 1.165) is 11.3 Å². The van der Waals surface area contributed by atoms with E-state index >= 15 is 0 Å². The molecule has 16 heavy (non-hydrogen) atoms. The first-order valence-corrected chi connectivity index (χ1v) is 5.34. The van der Waals surface area contributed by atoms with Crippen molar-refractivity contribution in [2.75, 3.05) is 13.1 Å². The predicted octanol–water partition coefficient (Wildman–Crippen LogP) is 0.901. The molecule has 1 rings (SSSR count). The van der Waals surface area contributed by atoms with Crippen LogP contribution in [0.15, 0.2) is 24.3 Å². The summed E-state index contributed by atoms with van der Waals surface area (Å²) in [6.45, 7) is 0.780. The largest absolute Gasteiger partial charge is 0.348 e. The number of nitrogens with zero attached hydrogens (tertiary/aromatic N) is 1. The van der Waals surface area contributed by atoms with Crippen molar-refractivity contribution in [2.24, 2.45) is 5.73 Å². The summed E-state index contributed by atoms with van der Waals surface area (Å²) >= 11 is 0.853. The maximum absolute atomic E-state index is 11.5. The zero-order valence-electron chi connectivity index (χ0n) is 8.38. The maximum Gasteiger partial charge on any atom is 0.324 e. The average molecular weight is 241 g/mol. The minimum Gasteiger partial charge on any atom is -0.348 e. The van der Waals surface area contributed by atoms with E-state index < -0.39 is 4.92 Å². The highest BCUT2D eigenvalue weighted by molar-refractivity contribution is 7.17. The molecule has 1 heterocycles. The van der Waals surface area contributed by atoms with Crippen LogP contribution in [0.25, 0.3) is 0 Å². The minimum atomic E-state index is -0.518. The van der Waals surface area contributed by atoms with Gasteiger partial charge in [0.15, 0.2) is 0 Å². The van der Waals surface area contributed by atoms with E-state index in [0.29, 0.717) is 18.0 Å². The van der Waals surface area contributed by atoms with E-state index in [2.05, 4.69) is 5.32 Å². The fourth-order valence-corrected chi connectivity index (χ4v) is 1.70. The van der Waals surface area contributed by atoms with Crippen molar-refractivity contribution >= 4 is 22.2 Å². The Morgan fingerprint density at radius 3 is 2.88 bits per heavy atom. The number of nitrogens with two attached hydrogens (primary N) is 1. The quantitative estimate of drug-likeness (QED) is 0.454. The van der Waals surface area contributed by atoms with Gasteiger partial charge < -0.3 is 11.1 Å². The van der Waals surface area contributed by atoms with E-state index in [9.17, 15) is 14.9 Å². The third-order valence-electron chi connectivity index (χ3n) is 1.68. The van der Waals surface area contributed by atoms with Crippen molar-refractivity contribution in [2.45, 2.75) is 0 Å². The van der Waals surface area contributed by atoms with Crippen LogP contribution in [0, 0.1) is 10.1 Å². The number of rotatable bonds is 5. The van der Waals surface area contributed by atoms with Crippen LogP contribution in [0.3, 0.4) is 0 Å². The smallest absolute Gasteiger partial charge is 0.324 e. The summed E-state index contributed by atoms with van der Waals surface area (Å²) in [6, 6.07) is 2.75. The molecule has 0 aliphatic carbocycles. The van der Waals surface area contributed by atoms with Crippen molar-refractivity contribution < 1.29 is 9.72 Å². The summed E-state index contributed by atoms with van der Waals surface area (Å²) in [4.78, 5) is 21.7. The van der Waals surface area contributed by atoms with Crippen LogP contribution in [0.5, 0.6) is 0 Å². The normalized spacial score (nSPS) is 10.6. The molecule has 0 aromatic carbocycles. The van der Waals surface area contributed by atoms with Crippen molar-refractivity contribution in [3.05, 3.63) is 39.3 Å². The van der Waals surface area contributed by atoms with Gasteiger partial charge in [-0.1, -0.05) is 23.5 Å². The lowest BCUT2D eigenvalue weighted by Crippen LogP contribution is -2.22. The number of nitro groups is 1. The second kappa shape index (κ2) is 5.99. The molecule has 0 atom stereocenters. The van der Waals surface area contributed by atoms with Crippen LogP contribution in [0.1, 0.15) is 9.67 Å². The van der Waals surface area contributed by atoms with E-state index in [-0.39, 0.29) is 10.9 Å². The highest BCUT2D eigenvalue weighted by Gasteiger charge is 2.14. The molecule has 86 valence electrons. The van der Waals surface area contributed by atoms with Gasteiger partial charge in [-0.05, 0) is 6.07 Å². The lowest BCUT2D eigenvalue weighted by Gasteiger charge is -1.97. The molecule has 0 aliphatic rings. The summed E-state index contributed by atoms with van der Waals surface area (Å²) in [5, 5.41) is 12.9. The van der Waals surface area contributed by atoms with Gasteiger partial charge in [-0.3, -0.25) is 14.9 Å². The van der Waals surface area contributed by atoms with Crippen molar-refractivity contribution in [3.8, 4) is 0 Å². The second-order valence-corrected chi connectivity index (χ2v) is 3.87. The third kappa shape index (κ3) is 3.44. The first-order valence-electron chi connectivity index (χ1n) is 4.52. The molecular formula is C9H11N3O3S. The first-order chi connectivity index (χ1) is 7.65. The summed E-state index contributed by atoms with van der Waals surface area (Å²) in [7, 11) is 0. The molecule has 0 radical (unpaired) electrons. The monoisotopic (exact) mass is 241 g/mol. The van der Waals surface area contributed by atoms with Crippen LogP contribution in [-0.2, 0) is 0 Å². The van der Waals surface area contributed by atoms with Gasteiger partial charge in [0.1, 0.15) is 0 Å². The highest BCUT2D eigenvalue weighted by Crippen LogP contribution is 2.23. The van der Waals surface area contributed by atoms with Crippen LogP contribution < -0.4 is 11.1 Å². The van der Waals surface area contributed by atoms with Gasteiger partial charge in [0.2, 0.25) is 0 Å². The molecule has 3 N–H and O–H groups in total. The first kappa shape index (κ1) is 12.3. The number of hydrogen-bond donors (Lipinski definition) is 2. The highest BCUT2D eigenvalue weighted by atomic mass is 32.1. The molecule has 0 spiro atoms. The summed E-state index contributed by atoms with van der Waals surface area (Å²) < 4.78 is 0. The Balaban J connectivity index is 2.53. The van der Waals surface area contributed by atoms with Gasteiger partial charge in [-0.15, -0.1) is 0 Å². The van der Waals surface area contributed by atoms with Gasteiger partial charge in [-0.2, -0.15) is 0 Å². The number of carbonyl (C=O) groups excluding carboxylic acids is 1. The van der Waals surface area contributed by atoms with Gasteiger partial charge in [-0.25, -0.2) is 0 Å². The van der Waals surface area contributed by atoms with Gasteiger partial charge in [0.05, 0.1) is 9.80 Å². The predicted molar refractivity (Wildman–Crippen MR) is 61.5 cm³/mol. The lowest BCUT2D eigenvalue weighted by atomic mass is 10.4. The molecule has 0 saturated heterocycles. The Labute approximate surface area is 95.9 Å². The molecule has 0 unspecified atom stereocenters. The number of hydrogen-bond acceptors (Lipinski definition) is 5. The molecule has 0 aliphatic heterocycles. The standard InChI is InChI=1S/C9H11N3O3S/c10-5-1-2-6-11-9(13)7-3-4-8(16-7)12(14)15/h1-4H,5-6,10H2,(H,11,13)/b2-1+. The second-order valence-electron chi connectivity index (χ2n) is 2.81. The summed E-state index contributed by atoms with van der Waals surface area (Å²) in [6.07, 6.45) is 3.44. The average Bonchev–Trinajstić information content (AvgIpc) is 2.73. The molecule has 6 nitrogen and oxygen atoms in total. The SMILES string of the molecule is NC/C=C/CNC(=O)c1ccc([N+](=O)[O-])s1. The molecule has 1 aromatic rings. The van der Waals surface area contributed by atoms with Crippen molar-refractivity contribution in [1.29, 1.82) is 0 Å². The van der Waals surface area contributed by atoms with Crippen molar-refractivity contribution in [3.63, 3.8) is 0 Å². The van der Waals surface area contributed by atoms with Crippen LogP contribution in [0.4, 0.5) is 5.00 Å².